The fraction of sp³-hybridized carbons (Fsp3) is 0.360. The van der Waals surface area contributed by atoms with Crippen molar-refractivity contribution in [1.29, 1.82) is 0 Å². The molecule has 5 heteroatoms. The van der Waals surface area contributed by atoms with E-state index in [-0.39, 0.29) is 0 Å². The lowest BCUT2D eigenvalue weighted by Gasteiger charge is -2.39. The Kier molecular flexibility index (Phi) is 6.00. The molecule has 3 aromatic carbocycles. The lowest BCUT2D eigenvalue weighted by Crippen LogP contribution is -2.38. The quantitative estimate of drug-likeness (QED) is 0.549. The third kappa shape index (κ3) is 4.62. The summed E-state index contributed by atoms with van der Waals surface area (Å²) in [6, 6.07) is 23.6. The SMILES string of the molecule is CCN(c1cccc2ccccc12)C1CCCC(c2cccc(NS(C)(=O)=O)c2)C1. The van der Waals surface area contributed by atoms with Gasteiger partial charge in [0.1, 0.15) is 0 Å². The molecule has 3 aromatic rings. The van der Waals surface area contributed by atoms with Crippen LogP contribution in [0.1, 0.15) is 44.1 Å². The van der Waals surface area contributed by atoms with Gasteiger partial charge in [-0.1, -0.05) is 55.0 Å². The van der Waals surface area contributed by atoms with Crippen molar-refractivity contribution in [2.24, 2.45) is 0 Å². The van der Waals surface area contributed by atoms with Crippen LogP contribution in [0.25, 0.3) is 10.8 Å². The van der Waals surface area contributed by atoms with Crippen molar-refractivity contribution < 1.29 is 8.42 Å². The van der Waals surface area contributed by atoms with E-state index < -0.39 is 10.0 Å². The van der Waals surface area contributed by atoms with Gasteiger partial charge in [-0.3, -0.25) is 4.72 Å². The van der Waals surface area contributed by atoms with E-state index in [9.17, 15) is 8.42 Å². The highest BCUT2D eigenvalue weighted by molar-refractivity contribution is 7.92. The summed E-state index contributed by atoms with van der Waals surface area (Å²) in [6.45, 7) is 3.21. The molecule has 1 aliphatic rings. The number of anilines is 2. The minimum absolute atomic E-state index is 0.439. The molecule has 1 saturated carbocycles. The van der Waals surface area contributed by atoms with E-state index in [4.69, 9.17) is 0 Å². The van der Waals surface area contributed by atoms with Crippen LogP contribution in [-0.2, 0) is 10.0 Å². The fourth-order valence-electron chi connectivity index (χ4n) is 4.90. The summed E-state index contributed by atoms with van der Waals surface area (Å²) in [5.74, 6) is 0.439. The van der Waals surface area contributed by atoms with Crippen LogP contribution < -0.4 is 9.62 Å². The number of nitrogens with zero attached hydrogens (tertiary/aromatic N) is 1. The first kappa shape index (κ1) is 20.7. The smallest absolute Gasteiger partial charge is 0.229 e. The number of fused-ring (bicyclic) bond motifs is 1. The number of nitrogens with one attached hydrogen (secondary N) is 1. The highest BCUT2D eigenvalue weighted by Gasteiger charge is 2.28. The molecular formula is C25H30N2O2S. The molecule has 0 aliphatic heterocycles. The zero-order valence-corrected chi connectivity index (χ0v) is 18.5. The molecule has 0 spiro atoms. The maximum absolute atomic E-state index is 11.6. The highest BCUT2D eigenvalue weighted by atomic mass is 32.2. The molecule has 4 nitrogen and oxygen atoms in total. The molecule has 1 aliphatic carbocycles. The molecule has 0 saturated heterocycles. The number of hydrogen-bond donors (Lipinski definition) is 1. The summed E-state index contributed by atoms with van der Waals surface area (Å²) in [7, 11) is -3.27. The predicted octanol–water partition coefficient (Wildman–Crippen LogP) is 5.76. The maximum Gasteiger partial charge on any atom is 0.229 e. The minimum Gasteiger partial charge on any atom is -0.368 e. The monoisotopic (exact) mass is 422 g/mol. The Hall–Kier alpha value is -2.53. The largest absolute Gasteiger partial charge is 0.368 e. The second kappa shape index (κ2) is 8.68. The molecule has 0 aromatic heterocycles. The van der Waals surface area contributed by atoms with Crippen LogP contribution in [0.5, 0.6) is 0 Å². The van der Waals surface area contributed by atoms with Crippen LogP contribution in [0.2, 0.25) is 0 Å². The molecule has 0 radical (unpaired) electrons. The minimum atomic E-state index is -3.27. The van der Waals surface area contributed by atoms with Crippen molar-refractivity contribution in [2.45, 2.75) is 44.6 Å². The highest BCUT2D eigenvalue weighted by Crippen LogP contribution is 2.38. The van der Waals surface area contributed by atoms with Crippen LogP contribution in [0, 0.1) is 0 Å². The zero-order chi connectivity index (χ0) is 21.1. The molecule has 0 amide bonds. The second-order valence-electron chi connectivity index (χ2n) is 8.30. The van der Waals surface area contributed by atoms with Crippen molar-refractivity contribution in [1.82, 2.24) is 0 Å². The Balaban J connectivity index is 1.59. The van der Waals surface area contributed by atoms with E-state index in [2.05, 4.69) is 65.1 Å². The van der Waals surface area contributed by atoms with Gasteiger partial charge in [-0.15, -0.1) is 0 Å². The molecule has 1 N–H and O–H groups in total. The predicted molar refractivity (Wildman–Crippen MR) is 127 cm³/mol. The van der Waals surface area contributed by atoms with Crippen LogP contribution in [0.3, 0.4) is 0 Å². The summed E-state index contributed by atoms with van der Waals surface area (Å²) in [5, 5.41) is 2.59. The van der Waals surface area contributed by atoms with Crippen LogP contribution >= 0.6 is 0 Å². The van der Waals surface area contributed by atoms with E-state index in [0.29, 0.717) is 17.6 Å². The summed E-state index contributed by atoms with van der Waals surface area (Å²) in [5.41, 5.74) is 3.19. The molecule has 4 rings (SSSR count). The van der Waals surface area contributed by atoms with Crippen molar-refractivity contribution in [3.8, 4) is 0 Å². The van der Waals surface area contributed by atoms with E-state index in [0.717, 1.165) is 19.4 Å². The number of hydrogen-bond acceptors (Lipinski definition) is 3. The van der Waals surface area contributed by atoms with Gasteiger partial charge < -0.3 is 4.90 Å². The zero-order valence-electron chi connectivity index (χ0n) is 17.7. The lowest BCUT2D eigenvalue weighted by atomic mass is 9.80. The molecule has 0 bridgehead atoms. The average Bonchev–Trinajstić information content (AvgIpc) is 2.74. The molecule has 2 atom stereocenters. The van der Waals surface area contributed by atoms with Gasteiger partial charge in [0.25, 0.3) is 0 Å². The normalized spacial score (nSPS) is 19.5. The van der Waals surface area contributed by atoms with Gasteiger partial charge in [-0.2, -0.15) is 0 Å². The third-order valence-corrected chi connectivity index (χ3v) is 6.77. The molecule has 0 heterocycles. The third-order valence-electron chi connectivity index (χ3n) is 6.17. The van der Waals surface area contributed by atoms with E-state index >= 15 is 0 Å². The molecular weight excluding hydrogens is 392 g/mol. The van der Waals surface area contributed by atoms with Gasteiger partial charge in [0.2, 0.25) is 10.0 Å². The number of benzene rings is 3. The topological polar surface area (TPSA) is 49.4 Å². The summed E-state index contributed by atoms with van der Waals surface area (Å²) in [6.07, 6.45) is 5.79. The molecule has 2 unspecified atom stereocenters. The first-order chi connectivity index (χ1) is 14.4. The Morgan fingerprint density at radius 3 is 2.57 bits per heavy atom. The van der Waals surface area contributed by atoms with E-state index in [1.165, 1.54) is 41.1 Å². The van der Waals surface area contributed by atoms with Crippen molar-refractivity contribution >= 4 is 32.2 Å². The lowest BCUT2D eigenvalue weighted by molar-refractivity contribution is 0.376. The van der Waals surface area contributed by atoms with Crippen LogP contribution in [-0.4, -0.2) is 27.3 Å². The summed E-state index contributed by atoms with van der Waals surface area (Å²) >= 11 is 0. The first-order valence-corrected chi connectivity index (χ1v) is 12.7. The van der Waals surface area contributed by atoms with Crippen molar-refractivity contribution in [3.63, 3.8) is 0 Å². The van der Waals surface area contributed by atoms with Gasteiger partial charge in [0.15, 0.2) is 0 Å². The van der Waals surface area contributed by atoms with Gasteiger partial charge in [0.05, 0.1) is 6.26 Å². The van der Waals surface area contributed by atoms with Gasteiger partial charge in [-0.05, 0) is 61.3 Å². The van der Waals surface area contributed by atoms with Crippen molar-refractivity contribution in [2.75, 3.05) is 22.4 Å². The Morgan fingerprint density at radius 2 is 1.77 bits per heavy atom. The first-order valence-electron chi connectivity index (χ1n) is 10.8. The Morgan fingerprint density at radius 1 is 1.00 bits per heavy atom. The van der Waals surface area contributed by atoms with Gasteiger partial charge in [0, 0.05) is 29.3 Å². The maximum atomic E-state index is 11.6. The standard InChI is InChI=1S/C25H30N2O2S/c1-3-27(25-16-8-10-19-9-4-5-15-24(19)25)23-14-7-12-21(18-23)20-11-6-13-22(17-20)26-30(2,28)29/h4-6,8-11,13,15-17,21,23,26H,3,7,12,14,18H2,1-2H3. The fourth-order valence-corrected chi connectivity index (χ4v) is 5.46. The molecule has 1 fully saturated rings. The van der Waals surface area contributed by atoms with Crippen molar-refractivity contribution in [3.05, 3.63) is 72.3 Å². The van der Waals surface area contributed by atoms with Crippen LogP contribution in [0.4, 0.5) is 11.4 Å². The number of sulfonamides is 1. The summed E-state index contributed by atoms with van der Waals surface area (Å²) in [4.78, 5) is 2.56. The molecule has 30 heavy (non-hydrogen) atoms. The Bertz CT molecular complexity index is 1120. The second-order valence-corrected chi connectivity index (χ2v) is 10.0. The van der Waals surface area contributed by atoms with Gasteiger partial charge in [-0.25, -0.2) is 8.42 Å². The number of rotatable bonds is 6. The van der Waals surface area contributed by atoms with Gasteiger partial charge >= 0.3 is 0 Å². The summed E-state index contributed by atoms with van der Waals surface area (Å²) < 4.78 is 25.8. The molecule has 158 valence electrons. The van der Waals surface area contributed by atoms with E-state index in [1.54, 1.807) is 0 Å². The van der Waals surface area contributed by atoms with E-state index in [1.807, 2.05) is 18.2 Å². The Labute approximate surface area is 180 Å². The van der Waals surface area contributed by atoms with Crippen LogP contribution in [0.15, 0.2) is 66.7 Å². The average molecular weight is 423 g/mol.